The molecule has 0 aliphatic carbocycles. The Morgan fingerprint density at radius 2 is 1.48 bits per heavy atom. The van der Waals surface area contributed by atoms with Crippen molar-refractivity contribution in [2.45, 2.75) is 34.8 Å². The Kier molecular flexibility index (Phi) is 6.04. The number of benzene rings is 1. The zero-order valence-corrected chi connectivity index (χ0v) is 15.1. The third-order valence-corrected chi connectivity index (χ3v) is 5.67. The normalized spacial score (nSPS) is 12.1. The molecule has 0 N–H and O–H groups in total. The highest BCUT2D eigenvalue weighted by Gasteiger charge is 2.29. The summed E-state index contributed by atoms with van der Waals surface area (Å²) in [5.41, 5.74) is 0. The molecule has 0 amide bonds. The van der Waals surface area contributed by atoms with Crippen LogP contribution in [0.2, 0.25) is 0 Å². The highest BCUT2D eigenvalue weighted by Crippen LogP contribution is 2.31. The third kappa shape index (κ3) is 4.59. The zero-order valence-electron chi connectivity index (χ0n) is 14.3. The maximum atomic E-state index is 5.76. The molecule has 1 atom stereocenters. The van der Waals surface area contributed by atoms with Crippen LogP contribution >= 0.6 is 0 Å². The molecule has 1 unspecified atom stereocenters. The summed E-state index contributed by atoms with van der Waals surface area (Å²) in [7, 11) is -0.251. The smallest absolute Gasteiger partial charge is 0.196 e. The number of aromatic nitrogens is 2. The molecule has 2 aromatic heterocycles. The predicted molar refractivity (Wildman–Crippen MR) is 98.8 cm³/mol. The van der Waals surface area contributed by atoms with E-state index < -0.39 is 0 Å². The van der Waals surface area contributed by atoms with E-state index in [0.29, 0.717) is 6.61 Å². The zero-order chi connectivity index (χ0) is 17.5. The van der Waals surface area contributed by atoms with Crippen LogP contribution in [0, 0.1) is 0 Å². The first-order valence-electron chi connectivity index (χ1n) is 8.20. The number of ether oxygens (including phenoxy) is 2. The predicted octanol–water partition coefficient (Wildman–Crippen LogP) is 4.33. The standard InChI is InChI=1S/C20H21N2O2S/c1-3-23-16(2)24-17-8-10-18(11-9-17)25(19-6-4-12-21-14-19)20-7-5-13-22-15-20/h4-16H,3H2,1-2H3/q+1. The van der Waals surface area contributed by atoms with Crippen LogP contribution in [0.5, 0.6) is 5.75 Å². The van der Waals surface area contributed by atoms with Gasteiger partial charge in [-0.3, -0.25) is 9.97 Å². The largest absolute Gasteiger partial charge is 0.465 e. The van der Waals surface area contributed by atoms with Crippen molar-refractivity contribution in [2.24, 2.45) is 0 Å². The molecule has 0 saturated heterocycles. The van der Waals surface area contributed by atoms with Gasteiger partial charge >= 0.3 is 0 Å². The highest BCUT2D eigenvalue weighted by molar-refractivity contribution is 7.97. The quantitative estimate of drug-likeness (QED) is 0.468. The molecule has 0 bridgehead atoms. The second-order valence-corrected chi connectivity index (χ2v) is 7.32. The van der Waals surface area contributed by atoms with Crippen molar-refractivity contribution in [3.05, 3.63) is 73.3 Å². The Balaban J connectivity index is 1.89. The second-order valence-electron chi connectivity index (χ2n) is 5.30. The number of hydrogen-bond donors (Lipinski definition) is 0. The van der Waals surface area contributed by atoms with E-state index in [1.807, 2.05) is 50.5 Å². The van der Waals surface area contributed by atoms with Crippen LogP contribution in [0.4, 0.5) is 0 Å². The van der Waals surface area contributed by atoms with Crippen molar-refractivity contribution < 1.29 is 9.47 Å². The summed E-state index contributed by atoms with van der Waals surface area (Å²) in [5.74, 6) is 0.797. The van der Waals surface area contributed by atoms with Gasteiger partial charge in [0.05, 0.1) is 12.4 Å². The molecule has 4 nitrogen and oxygen atoms in total. The van der Waals surface area contributed by atoms with Gasteiger partial charge in [-0.15, -0.1) is 0 Å². The Labute approximate surface area is 151 Å². The number of pyridine rings is 2. The van der Waals surface area contributed by atoms with Crippen LogP contribution in [0.15, 0.2) is 88.0 Å². The minimum absolute atomic E-state index is 0.251. The first-order valence-corrected chi connectivity index (χ1v) is 9.43. The number of rotatable bonds is 7. The fourth-order valence-electron chi connectivity index (χ4n) is 2.46. The van der Waals surface area contributed by atoms with Gasteiger partial charge in [0.1, 0.15) is 16.6 Å². The van der Waals surface area contributed by atoms with Gasteiger partial charge in [-0.1, -0.05) is 0 Å². The monoisotopic (exact) mass is 353 g/mol. The van der Waals surface area contributed by atoms with Crippen molar-refractivity contribution in [1.82, 2.24) is 9.97 Å². The fourth-order valence-corrected chi connectivity index (χ4v) is 4.45. The van der Waals surface area contributed by atoms with Crippen molar-refractivity contribution in [3.8, 4) is 5.75 Å². The molecule has 3 rings (SSSR count). The molecule has 25 heavy (non-hydrogen) atoms. The van der Waals surface area contributed by atoms with E-state index in [9.17, 15) is 0 Å². The molecular weight excluding hydrogens is 332 g/mol. The molecular formula is C20H21N2O2S+. The van der Waals surface area contributed by atoms with Crippen molar-refractivity contribution in [2.75, 3.05) is 6.61 Å². The van der Waals surface area contributed by atoms with Crippen LogP contribution in [-0.2, 0) is 15.6 Å². The minimum Gasteiger partial charge on any atom is -0.465 e. The summed E-state index contributed by atoms with van der Waals surface area (Å²) >= 11 is 0. The topological polar surface area (TPSA) is 44.2 Å². The van der Waals surface area contributed by atoms with E-state index in [4.69, 9.17) is 9.47 Å². The summed E-state index contributed by atoms with van der Waals surface area (Å²) in [4.78, 5) is 12.1. The van der Waals surface area contributed by atoms with E-state index >= 15 is 0 Å². The van der Waals surface area contributed by atoms with Gasteiger partial charge in [-0.25, -0.2) is 0 Å². The van der Waals surface area contributed by atoms with Crippen molar-refractivity contribution >= 4 is 10.9 Å². The first-order chi connectivity index (χ1) is 12.3. The van der Waals surface area contributed by atoms with Gasteiger partial charge in [0.2, 0.25) is 0 Å². The molecule has 0 spiro atoms. The van der Waals surface area contributed by atoms with E-state index in [1.165, 1.54) is 4.90 Å². The fraction of sp³-hybridized carbons (Fsp3) is 0.200. The lowest BCUT2D eigenvalue weighted by atomic mass is 10.3. The van der Waals surface area contributed by atoms with Gasteiger partial charge in [-0.05, 0) is 62.4 Å². The summed E-state index contributed by atoms with van der Waals surface area (Å²) < 4.78 is 11.2. The Bertz CT molecular complexity index is 727. The van der Waals surface area contributed by atoms with E-state index in [2.05, 4.69) is 34.2 Å². The van der Waals surface area contributed by atoms with Crippen LogP contribution in [0.1, 0.15) is 13.8 Å². The lowest BCUT2D eigenvalue weighted by Crippen LogP contribution is -2.16. The van der Waals surface area contributed by atoms with Crippen LogP contribution in [-0.4, -0.2) is 22.9 Å². The van der Waals surface area contributed by atoms with Gasteiger partial charge < -0.3 is 9.47 Å². The van der Waals surface area contributed by atoms with E-state index in [1.54, 1.807) is 12.4 Å². The van der Waals surface area contributed by atoms with Crippen LogP contribution in [0.25, 0.3) is 0 Å². The Hall–Kier alpha value is -2.37. The van der Waals surface area contributed by atoms with Crippen molar-refractivity contribution in [3.63, 3.8) is 0 Å². The molecule has 0 saturated carbocycles. The lowest BCUT2D eigenvalue weighted by Gasteiger charge is -2.14. The molecule has 0 radical (unpaired) electrons. The average Bonchev–Trinajstić information content (AvgIpc) is 2.65. The molecule has 0 fully saturated rings. The summed E-state index contributed by atoms with van der Waals surface area (Å²) in [6.45, 7) is 4.48. The third-order valence-electron chi connectivity index (χ3n) is 3.50. The second kappa shape index (κ2) is 8.65. The molecule has 1 aromatic carbocycles. The molecule has 5 heteroatoms. The Morgan fingerprint density at radius 3 is 1.96 bits per heavy atom. The maximum absolute atomic E-state index is 5.76. The summed E-state index contributed by atoms with van der Waals surface area (Å²) in [6.07, 6.45) is 7.15. The molecule has 128 valence electrons. The van der Waals surface area contributed by atoms with Gasteiger partial charge in [0.25, 0.3) is 0 Å². The SMILES string of the molecule is CCOC(C)Oc1ccc([S+](c2cccnc2)c2cccnc2)cc1. The molecule has 3 aromatic rings. The highest BCUT2D eigenvalue weighted by atomic mass is 32.2. The van der Waals surface area contributed by atoms with Gasteiger partial charge in [-0.2, -0.15) is 0 Å². The molecule has 2 heterocycles. The summed E-state index contributed by atoms with van der Waals surface area (Å²) in [5, 5.41) is 0. The van der Waals surface area contributed by atoms with E-state index in [-0.39, 0.29) is 17.2 Å². The van der Waals surface area contributed by atoms with Crippen molar-refractivity contribution in [1.29, 1.82) is 0 Å². The minimum atomic E-state index is -0.259. The number of nitrogens with zero attached hydrogens (tertiary/aromatic N) is 2. The average molecular weight is 353 g/mol. The maximum Gasteiger partial charge on any atom is 0.196 e. The summed E-state index contributed by atoms with van der Waals surface area (Å²) in [6, 6.07) is 16.3. The molecule has 0 aliphatic heterocycles. The van der Waals surface area contributed by atoms with E-state index in [0.717, 1.165) is 15.5 Å². The van der Waals surface area contributed by atoms with Gasteiger partial charge in [0.15, 0.2) is 21.0 Å². The number of hydrogen-bond acceptors (Lipinski definition) is 4. The van der Waals surface area contributed by atoms with Crippen LogP contribution < -0.4 is 4.74 Å². The van der Waals surface area contributed by atoms with Crippen LogP contribution in [0.3, 0.4) is 0 Å². The Morgan fingerprint density at radius 1 is 0.880 bits per heavy atom. The lowest BCUT2D eigenvalue weighted by molar-refractivity contribution is -0.0613. The first kappa shape index (κ1) is 17.5. The van der Waals surface area contributed by atoms with Gasteiger partial charge in [0, 0.05) is 19.0 Å². The molecule has 0 aliphatic rings.